The molecule has 4 rings (SSSR count). The number of amides is 1. The number of nitrogens with one attached hydrogen (secondary N) is 1. The van der Waals surface area contributed by atoms with E-state index in [1.165, 1.54) is 10.3 Å². The van der Waals surface area contributed by atoms with E-state index < -0.39 is 5.76 Å². The third-order valence-electron chi connectivity index (χ3n) is 5.04. The molecule has 0 aliphatic carbocycles. The van der Waals surface area contributed by atoms with Crippen molar-refractivity contribution in [2.75, 3.05) is 18.0 Å². The van der Waals surface area contributed by atoms with Crippen molar-refractivity contribution >= 4 is 22.7 Å². The molecule has 0 radical (unpaired) electrons. The summed E-state index contributed by atoms with van der Waals surface area (Å²) >= 11 is 0. The largest absolute Gasteiger partial charge is 0.419 e. The number of aromatic nitrogens is 1. The van der Waals surface area contributed by atoms with Gasteiger partial charge in [0.15, 0.2) is 5.58 Å². The molecule has 27 heavy (non-hydrogen) atoms. The van der Waals surface area contributed by atoms with Crippen LogP contribution in [0.4, 0.5) is 5.69 Å². The second-order valence-electron chi connectivity index (χ2n) is 6.93. The summed E-state index contributed by atoms with van der Waals surface area (Å²) in [5, 5.41) is 3.12. The lowest BCUT2D eigenvalue weighted by Crippen LogP contribution is -2.48. The highest BCUT2D eigenvalue weighted by molar-refractivity contribution is 5.77. The number of carbonyl (C=O) groups is 1. The summed E-state index contributed by atoms with van der Waals surface area (Å²) < 4.78 is 6.73. The van der Waals surface area contributed by atoms with Gasteiger partial charge in [-0.25, -0.2) is 4.79 Å². The monoisotopic (exact) mass is 365 g/mol. The lowest BCUT2D eigenvalue weighted by atomic mass is 10.0. The van der Waals surface area contributed by atoms with Gasteiger partial charge in [-0.1, -0.05) is 30.3 Å². The highest BCUT2D eigenvalue weighted by Gasteiger charge is 2.21. The topological polar surface area (TPSA) is 67.5 Å². The number of piperidine rings is 1. The Hall–Kier alpha value is -3.02. The fourth-order valence-corrected chi connectivity index (χ4v) is 3.71. The van der Waals surface area contributed by atoms with Crippen molar-refractivity contribution in [2.45, 2.75) is 31.8 Å². The quantitative estimate of drug-likeness (QED) is 0.755. The van der Waals surface area contributed by atoms with Gasteiger partial charge in [0, 0.05) is 37.8 Å². The molecule has 0 spiro atoms. The molecule has 2 aromatic carbocycles. The minimum Gasteiger partial charge on any atom is -0.408 e. The molecule has 1 aromatic heterocycles. The van der Waals surface area contributed by atoms with Crippen LogP contribution < -0.4 is 16.0 Å². The van der Waals surface area contributed by atoms with E-state index in [0.29, 0.717) is 12.1 Å². The summed E-state index contributed by atoms with van der Waals surface area (Å²) in [5.74, 6) is -0.455. The van der Waals surface area contributed by atoms with Crippen LogP contribution in [0.2, 0.25) is 0 Å². The standard InChI is InChI=1S/C21H23N3O3/c25-20(12-14-24-18-10-4-5-11-19(18)27-21(24)26)22-16-7-6-13-23(15-16)17-8-2-1-3-9-17/h1-5,8-11,16H,6-7,12-15H2,(H,22,25). The van der Waals surface area contributed by atoms with E-state index in [2.05, 4.69) is 22.3 Å². The molecule has 0 bridgehead atoms. The lowest BCUT2D eigenvalue weighted by molar-refractivity contribution is -0.122. The predicted octanol–water partition coefficient (Wildman–Crippen LogP) is 2.77. The van der Waals surface area contributed by atoms with Gasteiger partial charge in [0.25, 0.3) is 0 Å². The second kappa shape index (κ2) is 7.70. The van der Waals surface area contributed by atoms with Crippen molar-refractivity contribution in [1.29, 1.82) is 0 Å². The smallest absolute Gasteiger partial charge is 0.408 e. The zero-order valence-corrected chi connectivity index (χ0v) is 15.1. The van der Waals surface area contributed by atoms with Crippen molar-refractivity contribution in [3.8, 4) is 0 Å². The molecule has 1 aliphatic rings. The summed E-state index contributed by atoms with van der Waals surface area (Å²) in [6, 6.07) is 17.7. The van der Waals surface area contributed by atoms with Gasteiger partial charge in [-0.2, -0.15) is 0 Å². The Kier molecular flexibility index (Phi) is 4.96. The fraction of sp³-hybridized carbons (Fsp3) is 0.333. The molecule has 6 nitrogen and oxygen atoms in total. The molecule has 6 heteroatoms. The van der Waals surface area contributed by atoms with Crippen molar-refractivity contribution < 1.29 is 9.21 Å². The molecular weight excluding hydrogens is 342 g/mol. The molecule has 1 unspecified atom stereocenters. The zero-order chi connectivity index (χ0) is 18.6. The van der Waals surface area contributed by atoms with Gasteiger partial charge in [0.1, 0.15) is 0 Å². The van der Waals surface area contributed by atoms with Gasteiger partial charge < -0.3 is 14.6 Å². The van der Waals surface area contributed by atoms with E-state index in [-0.39, 0.29) is 18.4 Å². The average molecular weight is 365 g/mol. The molecule has 1 N–H and O–H groups in total. The molecule has 3 aromatic rings. The van der Waals surface area contributed by atoms with E-state index >= 15 is 0 Å². The summed E-state index contributed by atoms with van der Waals surface area (Å²) in [6.07, 6.45) is 2.28. The van der Waals surface area contributed by atoms with Gasteiger partial charge in [-0.15, -0.1) is 0 Å². The minimum atomic E-state index is -0.420. The maximum absolute atomic E-state index is 12.4. The number of fused-ring (bicyclic) bond motifs is 1. The van der Waals surface area contributed by atoms with Crippen LogP contribution in [-0.2, 0) is 11.3 Å². The molecule has 1 amide bonds. The predicted molar refractivity (Wildman–Crippen MR) is 105 cm³/mol. The number of oxazole rings is 1. The number of benzene rings is 2. The first kappa shape index (κ1) is 17.4. The molecule has 1 saturated heterocycles. The van der Waals surface area contributed by atoms with Crippen LogP contribution in [0.3, 0.4) is 0 Å². The maximum Gasteiger partial charge on any atom is 0.419 e. The molecular formula is C21H23N3O3. The van der Waals surface area contributed by atoms with E-state index in [1.807, 2.05) is 36.4 Å². The maximum atomic E-state index is 12.4. The van der Waals surface area contributed by atoms with Crippen molar-refractivity contribution in [3.63, 3.8) is 0 Å². The van der Waals surface area contributed by atoms with Gasteiger partial charge >= 0.3 is 5.76 Å². The van der Waals surface area contributed by atoms with Crippen molar-refractivity contribution in [2.24, 2.45) is 0 Å². The molecule has 2 heterocycles. The minimum absolute atomic E-state index is 0.0351. The van der Waals surface area contributed by atoms with E-state index in [1.54, 1.807) is 6.07 Å². The highest BCUT2D eigenvalue weighted by atomic mass is 16.4. The van der Waals surface area contributed by atoms with Crippen LogP contribution in [0.5, 0.6) is 0 Å². The van der Waals surface area contributed by atoms with Crippen LogP contribution in [0.25, 0.3) is 11.1 Å². The summed E-state index contributed by atoms with van der Waals surface area (Å²) in [7, 11) is 0. The fourth-order valence-electron chi connectivity index (χ4n) is 3.71. The van der Waals surface area contributed by atoms with Gasteiger partial charge in [0.05, 0.1) is 5.52 Å². The number of hydrogen-bond acceptors (Lipinski definition) is 4. The van der Waals surface area contributed by atoms with Crippen LogP contribution in [0.15, 0.2) is 63.8 Å². The molecule has 140 valence electrons. The Morgan fingerprint density at radius 3 is 2.74 bits per heavy atom. The second-order valence-corrected chi connectivity index (χ2v) is 6.93. The summed E-state index contributed by atoms with van der Waals surface area (Å²) in [5.41, 5.74) is 2.46. The van der Waals surface area contributed by atoms with Crippen LogP contribution >= 0.6 is 0 Å². The SMILES string of the molecule is O=C(CCn1c(=O)oc2ccccc21)NC1CCCN(c2ccccc2)C1. The Morgan fingerprint density at radius 1 is 1.11 bits per heavy atom. The Morgan fingerprint density at radius 2 is 1.89 bits per heavy atom. The highest BCUT2D eigenvalue weighted by Crippen LogP contribution is 2.19. The van der Waals surface area contributed by atoms with Gasteiger partial charge in [-0.3, -0.25) is 9.36 Å². The van der Waals surface area contributed by atoms with Crippen LogP contribution in [0, 0.1) is 0 Å². The molecule has 1 aliphatic heterocycles. The van der Waals surface area contributed by atoms with Gasteiger partial charge in [-0.05, 0) is 37.1 Å². The number of anilines is 1. The van der Waals surface area contributed by atoms with E-state index in [0.717, 1.165) is 31.4 Å². The summed E-state index contributed by atoms with van der Waals surface area (Å²) in [4.78, 5) is 26.7. The number of nitrogens with zero attached hydrogens (tertiary/aromatic N) is 2. The Labute approximate surface area is 157 Å². The molecule has 1 fully saturated rings. The van der Waals surface area contributed by atoms with E-state index in [9.17, 15) is 9.59 Å². The lowest BCUT2D eigenvalue weighted by Gasteiger charge is -2.34. The van der Waals surface area contributed by atoms with Gasteiger partial charge in [0.2, 0.25) is 5.91 Å². The first-order valence-corrected chi connectivity index (χ1v) is 9.38. The third kappa shape index (κ3) is 3.89. The van der Waals surface area contributed by atoms with Crippen molar-refractivity contribution in [3.05, 3.63) is 65.1 Å². The van der Waals surface area contributed by atoms with Crippen LogP contribution in [-0.4, -0.2) is 29.6 Å². The average Bonchev–Trinajstić information content (AvgIpc) is 3.02. The van der Waals surface area contributed by atoms with Crippen molar-refractivity contribution in [1.82, 2.24) is 9.88 Å². The van der Waals surface area contributed by atoms with Crippen LogP contribution in [0.1, 0.15) is 19.3 Å². The summed E-state index contributed by atoms with van der Waals surface area (Å²) in [6.45, 7) is 2.13. The third-order valence-corrected chi connectivity index (χ3v) is 5.04. The zero-order valence-electron chi connectivity index (χ0n) is 15.1. The number of carbonyl (C=O) groups excluding carboxylic acids is 1. The van der Waals surface area contributed by atoms with E-state index in [4.69, 9.17) is 4.42 Å². The first-order chi connectivity index (χ1) is 13.2. The number of para-hydroxylation sites is 3. The normalized spacial score (nSPS) is 17.2. The molecule has 0 saturated carbocycles. The number of rotatable bonds is 5. The number of hydrogen-bond donors (Lipinski definition) is 1. The first-order valence-electron chi connectivity index (χ1n) is 9.38. The number of aryl methyl sites for hydroxylation is 1. The Bertz CT molecular complexity index is 977. The Balaban J connectivity index is 1.35. The molecule has 1 atom stereocenters.